The third-order valence-electron chi connectivity index (χ3n) is 2.86. The fourth-order valence-electron chi connectivity index (χ4n) is 1.62. The molecule has 0 radical (unpaired) electrons. The third-order valence-corrected chi connectivity index (χ3v) is 4.08. The number of hydrogen-bond acceptors (Lipinski definition) is 5. The summed E-state index contributed by atoms with van der Waals surface area (Å²) >= 11 is 1.90. The van der Waals surface area contributed by atoms with Crippen molar-refractivity contribution in [1.29, 1.82) is 0 Å². The molecule has 21 heavy (non-hydrogen) atoms. The first-order valence-corrected chi connectivity index (χ1v) is 8.18. The van der Waals surface area contributed by atoms with Gasteiger partial charge in [0.15, 0.2) is 0 Å². The van der Waals surface area contributed by atoms with Gasteiger partial charge in [0, 0.05) is 17.5 Å². The Morgan fingerprint density at radius 1 is 1.43 bits per heavy atom. The zero-order valence-electron chi connectivity index (χ0n) is 12.3. The van der Waals surface area contributed by atoms with Gasteiger partial charge in [-0.3, -0.25) is 4.79 Å². The number of hydrazone groups is 1. The first-order chi connectivity index (χ1) is 10.1. The van der Waals surface area contributed by atoms with E-state index in [1.807, 2.05) is 49.9 Å². The highest BCUT2D eigenvalue weighted by Crippen LogP contribution is 2.23. The molecule has 1 aromatic rings. The van der Waals surface area contributed by atoms with Crippen LogP contribution in [0, 0.1) is 0 Å². The molecule has 2 N–H and O–H groups in total. The molecule has 114 valence electrons. The van der Waals surface area contributed by atoms with Crippen molar-refractivity contribution in [2.45, 2.75) is 26.0 Å². The SMILES string of the molecule is CC(C)NCC(=O)N/N=C\c1ccc(OC2CSC2)cc1. The van der Waals surface area contributed by atoms with Crippen LogP contribution < -0.4 is 15.5 Å². The van der Waals surface area contributed by atoms with E-state index in [4.69, 9.17) is 4.74 Å². The molecular formula is C15H21N3O2S. The smallest absolute Gasteiger partial charge is 0.254 e. The van der Waals surface area contributed by atoms with Crippen LogP contribution in [0.15, 0.2) is 29.4 Å². The minimum Gasteiger partial charge on any atom is -0.489 e. The van der Waals surface area contributed by atoms with Gasteiger partial charge in [-0.25, -0.2) is 5.43 Å². The summed E-state index contributed by atoms with van der Waals surface area (Å²) in [5.74, 6) is 2.87. The van der Waals surface area contributed by atoms with Crippen LogP contribution in [0.1, 0.15) is 19.4 Å². The van der Waals surface area contributed by atoms with Crippen LogP contribution in [-0.2, 0) is 4.79 Å². The minimum atomic E-state index is -0.151. The molecule has 1 amide bonds. The van der Waals surface area contributed by atoms with Gasteiger partial charge >= 0.3 is 0 Å². The second-order valence-corrected chi connectivity index (χ2v) is 6.25. The Morgan fingerprint density at radius 2 is 2.14 bits per heavy atom. The number of ether oxygens (including phenoxy) is 1. The summed E-state index contributed by atoms with van der Waals surface area (Å²) in [6.07, 6.45) is 1.97. The van der Waals surface area contributed by atoms with Crippen LogP contribution in [0.2, 0.25) is 0 Å². The van der Waals surface area contributed by atoms with E-state index in [0.29, 0.717) is 6.10 Å². The Labute approximate surface area is 129 Å². The highest BCUT2D eigenvalue weighted by atomic mass is 32.2. The van der Waals surface area contributed by atoms with Gasteiger partial charge in [-0.15, -0.1) is 0 Å². The van der Waals surface area contributed by atoms with Crippen molar-refractivity contribution in [3.63, 3.8) is 0 Å². The average Bonchev–Trinajstić information content (AvgIpc) is 2.42. The van der Waals surface area contributed by atoms with E-state index in [0.717, 1.165) is 22.8 Å². The first-order valence-electron chi connectivity index (χ1n) is 7.03. The van der Waals surface area contributed by atoms with Gasteiger partial charge in [-0.2, -0.15) is 16.9 Å². The van der Waals surface area contributed by atoms with E-state index in [2.05, 4.69) is 15.8 Å². The number of amides is 1. The largest absolute Gasteiger partial charge is 0.489 e. The third kappa shape index (κ3) is 5.77. The predicted octanol–water partition coefficient (Wildman–Crippen LogP) is 1.63. The molecule has 0 aliphatic carbocycles. The van der Waals surface area contributed by atoms with Crippen LogP contribution in [0.3, 0.4) is 0 Å². The zero-order chi connectivity index (χ0) is 15.1. The van der Waals surface area contributed by atoms with Crippen molar-refractivity contribution in [3.8, 4) is 5.75 Å². The number of thioether (sulfide) groups is 1. The molecule has 0 bridgehead atoms. The molecule has 1 fully saturated rings. The molecule has 0 atom stereocenters. The number of nitrogens with zero attached hydrogens (tertiary/aromatic N) is 1. The molecule has 1 heterocycles. The summed E-state index contributed by atoms with van der Waals surface area (Å²) in [6, 6.07) is 7.96. The molecule has 6 heteroatoms. The molecule has 0 unspecified atom stereocenters. The van der Waals surface area contributed by atoms with E-state index in [1.54, 1.807) is 6.21 Å². The standard InChI is InChI=1S/C15H21N3O2S/c1-11(2)16-8-15(19)18-17-7-12-3-5-13(6-4-12)20-14-9-21-10-14/h3-7,11,14,16H,8-10H2,1-2H3,(H,18,19)/b17-7-. The lowest BCUT2D eigenvalue weighted by atomic mass is 10.2. The van der Waals surface area contributed by atoms with Crippen molar-refractivity contribution in [2.24, 2.45) is 5.10 Å². The Hall–Kier alpha value is -1.53. The van der Waals surface area contributed by atoms with Gasteiger partial charge in [0.2, 0.25) is 0 Å². The lowest BCUT2D eigenvalue weighted by Gasteiger charge is -2.25. The summed E-state index contributed by atoms with van der Waals surface area (Å²) in [7, 11) is 0. The van der Waals surface area contributed by atoms with Crippen molar-refractivity contribution >= 4 is 23.9 Å². The van der Waals surface area contributed by atoms with Crippen molar-refractivity contribution < 1.29 is 9.53 Å². The van der Waals surface area contributed by atoms with E-state index < -0.39 is 0 Å². The van der Waals surface area contributed by atoms with Crippen LogP contribution in [0.4, 0.5) is 0 Å². The van der Waals surface area contributed by atoms with Crippen LogP contribution >= 0.6 is 11.8 Å². The highest BCUT2D eigenvalue weighted by molar-refractivity contribution is 8.00. The van der Waals surface area contributed by atoms with E-state index in [9.17, 15) is 4.79 Å². The normalized spacial score (nSPS) is 15.2. The second kappa shape index (κ2) is 8.05. The van der Waals surface area contributed by atoms with E-state index in [1.165, 1.54) is 0 Å². The van der Waals surface area contributed by atoms with Crippen molar-refractivity contribution in [3.05, 3.63) is 29.8 Å². The summed E-state index contributed by atoms with van der Waals surface area (Å²) in [5, 5.41) is 6.96. The van der Waals surface area contributed by atoms with Gasteiger partial charge in [0.05, 0.1) is 12.8 Å². The maximum Gasteiger partial charge on any atom is 0.254 e. The quantitative estimate of drug-likeness (QED) is 0.594. The zero-order valence-corrected chi connectivity index (χ0v) is 13.2. The molecule has 5 nitrogen and oxygen atoms in total. The Kier molecular flexibility index (Phi) is 6.07. The molecule has 2 rings (SSSR count). The Morgan fingerprint density at radius 3 is 2.71 bits per heavy atom. The van der Waals surface area contributed by atoms with Crippen molar-refractivity contribution in [1.82, 2.24) is 10.7 Å². The van der Waals surface area contributed by atoms with Crippen molar-refractivity contribution in [2.75, 3.05) is 18.1 Å². The number of benzene rings is 1. The number of nitrogens with one attached hydrogen (secondary N) is 2. The maximum absolute atomic E-state index is 11.4. The molecule has 1 saturated heterocycles. The van der Waals surface area contributed by atoms with Gasteiger partial charge in [0.1, 0.15) is 11.9 Å². The second-order valence-electron chi connectivity index (χ2n) is 5.18. The highest BCUT2D eigenvalue weighted by Gasteiger charge is 2.19. The molecular weight excluding hydrogens is 286 g/mol. The lowest BCUT2D eigenvalue weighted by molar-refractivity contribution is -0.120. The number of rotatable bonds is 7. The Bertz CT molecular complexity index is 484. The summed E-state index contributed by atoms with van der Waals surface area (Å²) in [6.45, 7) is 4.24. The van der Waals surface area contributed by atoms with E-state index in [-0.39, 0.29) is 18.5 Å². The molecule has 0 saturated carbocycles. The van der Waals surface area contributed by atoms with Crippen LogP contribution in [-0.4, -0.2) is 42.3 Å². The summed E-state index contributed by atoms with van der Waals surface area (Å²) < 4.78 is 5.76. The van der Waals surface area contributed by atoms with Gasteiger partial charge in [-0.05, 0) is 29.8 Å². The molecule has 1 aromatic carbocycles. The fraction of sp³-hybridized carbons (Fsp3) is 0.467. The first kappa shape index (κ1) is 15.9. The van der Waals surface area contributed by atoms with Crippen LogP contribution in [0.5, 0.6) is 5.75 Å². The van der Waals surface area contributed by atoms with Gasteiger partial charge in [0.25, 0.3) is 5.91 Å². The topological polar surface area (TPSA) is 62.7 Å². The predicted molar refractivity (Wildman–Crippen MR) is 87.1 cm³/mol. The summed E-state index contributed by atoms with van der Waals surface area (Å²) in [4.78, 5) is 11.4. The van der Waals surface area contributed by atoms with Crippen LogP contribution in [0.25, 0.3) is 0 Å². The Balaban J connectivity index is 1.74. The molecule has 0 spiro atoms. The molecule has 0 aromatic heterocycles. The fourth-order valence-corrected chi connectivity index (χ4v) is 2.19. The summed E-state index contributed by atoms with van der Waals surface area (Å²) in [5.41, 5.74) is 3.40. The minimum absolute atomic E-state index is 0.151. The number of hydrogen-bond donors (Lipinski definition) is 2. The number of carbonyl (C=O) groups is 1. The molecule has 1 aliphatic rings. The van der Waals surface area contributed by atoms with Gasteiger partial charge < -0.3 is 10.1 Å². The van der Waals surface area contributed by atoms with Gasteiger partial charge in [-0.1, -0.05) is 13.8 Å². The average molecular weight is 307 g/mol. The number of carbonyl (C=O) groups excluding carboxylic acids is 1. The monoisotopic (exact) mass is 307 g/mol. The van der Waals surface area contributed by atoms with E-state index >= 15 is 0 Å². The lowest BCUT2D eigenvalue weighted by Crippen LogP contribution is -2.34. The molecule has 1 aliphatic heterocycles. The maximum atomic E-state index is 11.4.